The van der Waals surface area contributed by atoms with Crippen LogP contribution >= 0.6 is 0 Å². The van der Waals surface area contributed by atoms with E-state index in [1.165, 1.54) is 0 Å². The molecule has 2 aromatic carbocycles. The number of rotatable bonds is 1. The Labute approximate surface area is 104 Å². The Morgan fingerprint density at radius 3 is 2.61 bits per heavy atom. The number of hydrogen-bond donors (Lipinski definition) is 1. The van der Waals surface area contributed by atoms with Crippen molar-refractivity contribution >= 4 is 27.4 Å². The van der Waals surface area contributed by atoms with Crippen LogP contribution in [-0.4, -0.2) is 4.57 Å². The first-order chi connectivity index (χ1) is 8.72. The molecule has 0 fully saturated rings. The summed E-state index contributed by atoms with van der Waals surface area (Å²) in [5, 5.41) is 2.75. The van der Waals surface area contributed by atoms with Crippen molar-refractivity contribution in [2.45, 2.75) is 13.5 Å². The number of fused-ring (bicyclic) bond motifs is 3. The molecule has 0 atom stereocenters. The minimum Gasteiger partial charge on any atom is -0.399 e. The summed E-state index contributed by atoms with van der Waals surface area (Å²) in [7, 11) is 0. The van der Waals surface area contributed by atoms with Gasteiger partial charge in [-0.3, -0.25) is 4.79 Å². The minimum atomic E-state index is 0.0264. The van der Waals surface area contributed by atoms with Gasteiger partial charge < -0.3 is 10.3 Å². The first-order valence-corrected chi connectivity index (χ1v) is 6.03. The van der Waals surface area contributed by atoms with Crippen molar-refractivity contribution < 1.29 is 0 Å². The molecular weight excluding hydrogens is 224 g/mol. The lowest BCUT2D eigenvalue weighted by molar-refractivity contribution is 0.767. The van der Waals surface area contributed by atoms with Crippen molar-refractivity contribution in [2.24, 2.45) is 0 Å². The van der Waals surface area contributed by atoms with Crippen molar-refractivity contribution in [3.05, 3.63) is 52.8 Å². The molecule has 0 spiro atoms. The second-order valence-electron chi connectivity index (χ2n) is 4.37. The van der Waals surface area contributed by atoms with Crippen molar-refractivity contribution in [3.8, 4) is 0 Å². The molecule has 0 radical (unpaired) electrons. The van der Waals surface area contributed by atoms with Crippen molar-refractivity contribution in [3.63, 3.8) is 0 Å². The Balaban J connectivity index is 2.66. The lowest BCUT2D eigenvalue weighted by Gasteiger charge is -2.11. The SMILES string of the molecule is CCn1c(=O)c2cc(N)ccc2c2ccccc21. The van der Waals surface area contributed by atoms with Gasteiger partial charge in [0.05, 0.1) is 5.52 Å². The van der Waals surface area contributed by atoms with Gasteiger partial charge >= 0.3 is 0 Å². The van der Waals surface area contributed by atoms with Crippen LogP contribution in [0, 0.1) is 0 Å². The van der Waals surface area contributed by atoms with Crippen LogP contribution in [0.15, 0.2) is 47.3 Å². The van der Waals surface area contributed by atoms with Crippen molar-refractivity contribution in [2.75, 3.05) is 5.73 Å². The van der Waals surface area contributed by atoms with Gasteiger partial charge in [-0.1, -0.05) is 24.3 Å². The highest BCUT2D eigenvalue weighted by molar-refractivity contribution is 6.06. The molecule has 0 aliphatic heterocycles. The fourth-order valence-electron chi connectivity index (χ4n) is 2.48. The van der Waals surface area contributed by atoms with Gasteiger partial charge in [-0.15, -0.1) is 0 Å². The summed E-state index contributed by atoms with van der Waals surface area (Å²) < 4.78 is 1.79. The third-order valence-corrected chi connectivity index (χ3v) is 3.32. The molecular formula is C15H14N2O. The van der Waals surface area contributed by atoms with Gasteiger partial charge in [0.2, 0.25) is 0 Å². The summed E-state index contributed by atoms with van der Waals surface area (Å²) in [6.07, 6.45) is 0. The Kier molecular flexibility index (Phi) is 2.33. The molecule has 0 saturated heterocycles. The molecule has 0 saturated carbocycles. The third kappa shape index (κ3) is 1.40. The average Bonchev–Trinajstić information content (AvgIpc) is 2.39. The van der Waals surface area contributed by atoms with Gasteiger partial charge in [-0.05, 0) is 30.5 Å². The van der Waals surface area contributed by atoms with Crippen LogP contribution in [-0.2, 0) is 6.54 Å². The normalized spacial score (nSPS) is 11.2. The standard InChI is InChI=1S/C15H14N2O/c1-2-17-14-6-4-3-5-12(14)11-8-7-10(16)9-13(11)15(17)18/h3-9H,2,16H2,1H3. The molecule has 18 heavy (non-hydrogen) atoms. The number of aromatic nitrogens is 1. The Hall–Kier alpha value is -2.29. The van der Waals surface area contributed by atoms with E-state index < -0.39 is 0 Å². The van der Waals surface area contributed by atoms with E-state index in [1.54, 1.807) is 10.6 Å². The summed E-state index contributed by atoms with van der Waals surface area (Å²) in [4.78, 5) is 12.4. The highest BCUT2D eigenvalue weighted by Gasteiger charge is 2.09. The number of anilines is 1. The second kappa shape index (κ2) is 3.88. The van der Waals surface area contributed by atoms with Gasteiger partial charge in [0, 0.05) is 23.0 Å². The number of aryl methyl sites for hydroxylation is 1. The van der Waals surface area contributed by atoms with Crippen LogP contribution in [0.1, 0.15) is 6.92 Å². The zero-order chi connectivity index (χ0) is 12.7. The van der Waals surface area contributed by atoms with Crippen LogP contribution in [0.25, 0.3) is 21.7 Å². The van der Waals surface area contributed by atoms with Gasteiger partial charge in [0.25, 0.3) is 5.56 Å². The van der Waals surface area contributed by atoms with E-state index in [0.717, 1.165) is 16.3 Å². The number of benzene rings is 2. The number of nitrogen functional groups attached to an aromatic ring is 1. The molecule has 0 unspecified atom stereocenters. The van der Waals surface area contributed by atoms with Crippen molar-refractivity contribution in [1.29, 1.82) is 0 Å². The monoisotopic (exact) mass is 238 g/mol. The van der Waals surface area contributed by atoms with E-state index in [-0.39, 0.29) is 5.56 Å². The highest BCUT2D eigenvalue weighted by atomic mass is 16.1. The minimum absolute atomic E-state index is 0.0264. The molecule has 0 aliphatic rings. The predicted molar refractivity (Wildman–Crippen MR) is 75.8 cm³/mol. The number of para-hydroxylation sites is 1. The largest absolute Gasteiger partial charge is 0.399 e. The van der Waals surface area contributed by atoms with Gasteiger partial charge in [-0.2, -0.15) is 0 Å². The molecule has 90 valence electrons. The Morgan fingerprint density at radius 2 is 1.83 bits per heavy atom. The molecule has 0 bridgehead atoms. The van der Waals surface area contributed by atoms with Crippen LogP contribution in [0.5, 0.6) is 0 Å². The van der Waals surface area contributed by atoms with Gasteiger partial charge in [-0.25, -0.2) is 0 Å². The van der Waals surface area contributed by atoms with E-state index in [4.69, 9.17) is 5.73 Å². The van der Waals surface area contributed by atoms with Crippen molar-refractivity contribution in [1.82, 2.24) is 4.57 Å². The molecule has 3 heteroatoms. The first kappa shape index (κ1) is 10.8. The number of hydrogen-bond acceptors (Lipinski definition) is 2. The summed E-state index contributed by atoms with van der Waals surface area (Å²) in [5.74, 6) is 0. The third-order valence-electron chi connectivity index (χ3n) is 3.32. The smallest absolute Gasteiger partial charge is 0.258 e. The highest BCUT2D eigenvalue weighted by Crippen LogP contribution is 2.24. The van der Waals surface area contributed by atoms with E-state index in [1.807, 2.05) is 43.3 Å². The molecule has 1 aromatic heterocycles. The number of nitrogens with zero attached hydrogens (tertiary/aromatic N) is 1. The first-order valence-electron chi connectivity index (χ1n) is 6.03. The lowest BCUT2D eigenvalue weighted by atomic mass is 10.1. The summed E-state index contributed by atoms with van der Waals surface area (Å²) in [6, 6.07) is 13.5. The predicted octanol–water partition coefficient (Wildman–Crippen LogP) is 2.76. The lowest BCUT2D eigenvalue weighted by Crippen LogP contribution is -2.19. The topological polar surface area (TPSA) is 48.0 Å². The molecule has 1 heterocycles. The van der Waals surface area contributed by atoms with Crippen LogP contribution in [0.4, 0.5) is 5.69 Å². The van der Waals surface area contributed by atoms with E-state index in [0.29, 0.717) is 17.6 Å². The summed E-state index contributed by atoms with van der Waals surface area (Å²) >= 11 is 0. The second-order valence-corrected chi connectivity index (χ2v) is 4.37. The molecule has 3 nitrogen and oxygen atoms in total. The fourth-order valence-corrected chi connectivity index (χ4v) is 2.48. The van der Waals surface area contributed by atoms with Gasteiger partial charge in [0.15, 0.2) is 0 Å². The van der Waals surface area contributed by atoms with E-state index >= 15 is 0 Å². The maximum Gasteiger partial charge on any atom is 0.258 e. The van der Waals surface area contributed by atoms with Crippen LogP contribution in [0.3, 0.4) is 0 Å². The zero-order valence-corrected chi connectivity index (χ0v) is 10.2. The van der Waals surface area contributed by atoms with E-state index in [2.05, 4.69) is 0 Å². The molecule has 2 N–H and O–H groups in total. The molecule has 0 aliphatic carbocycles. The van der Waals surface area contributed by atoms with Gasteiger partial charge in [0.1, 0.15) is 0 Å². The molecule has 0 amide bonds. The Morgan fingerprint density at radius 1 is 1.06 bits per heavy atom. The van der Waals surface area contributed by atoms with Crippen LogP contribution < -0.4 is 11.3 Å². The number of pyridine rings is 1. The Bertz CT molecular complexity index is 803. The quantitative estimate of drug-likeness (QED) is 0.523. The maximum absolute atomic E-state index is 12.4. The summed E-state index contributed by atoms with van der Waals surface area (Å²) in [5.41, 5.74) is 7.40. The molecule has 3 rings (SSSR count). The zero-order valence-electron chi connectivity index (χ0n) is 10.2. The average molecular weight is 238 g/mol. The van der Waals surface area contributed by atoms with Crippen LogP contribution in [0.2, 0.25) is 0 Å². The summed E-state index contributed by atoms with van der Waals surface area (Å²) in [6.45, 7) is 2.63. The fraction of sp³-hybridized carbons (Fsp3) is 0.133. The molecule has 3 aromatic rings. The maximum atomic E-state index is 12.4. The number of nitrogens with two attached hydrogens (primary N) is 1. The van der Waals surface area contributed by atoms with E-state index in [9.17, 15) is 4.79 Å².